The van der Waals surface area contributed by atoms with E-state index in [4.69, 9.17) is 4.42 Å². The van der Waals surface area contributed by atoms with Crippen molar-refractivity contribution in [2.45, 2.75) is 32.7 Å². The van der Waals surface area contributed by atoms with Gasteiger partial charge < -0.3 is 9.32 Å². The van der Waals surface area contributed by atoms with E-state index in [0.717, 1.165) is 30.5 Å². The Balaban J connectivity index is 1.54. The predicted molar refractivity (Wildman–Crippen MR) is 103 cm³/mol. The molecule has 0 bridgehead atoms. The Labute approximate surface area is 153 Å². The number of carbonyl (C=O) groups is 1. The molecule has 0 radical (unpaired) electrons. The van der Waals surface area contributed by atoms with Crippen LogP contribution in [-0.4, -0.2) is 22.3 Å². The first-order valence-electron chi connectivity index (χ1n) is 9.02. The van der Waals surface area contributed by atoms with Crippen LogP contribution in [0.2, 0.25) is 0 Å². The standard InChI is InChI=1S/C22H22N2O2/c1-15-12-16(2)14-17(13-15)19-7-5-11-24(19)22(25)10-9-21-23-18-6-3-4-8-20(18)26-21/h3-4,6,8-10,12-14,19H,5,7,11H2,1-2H3. The Morgan fingerprint density at radius 2 is 1.96 bits per heavy atom. The van der Waals surface area contributed by atoms with Gasteiger partial charge in [0.2, 0.25) is 11.8 Å². The zero-order valence-electron chi connectivity index (χ0n) is 15.1. The Bertz CT molecular complexity index is 933. The number of fused-ring (bicyclic) bond motifs is 1. The van der Waals surface area contributed by atoms with Gasteiger partial charge in [0.05, 0.1) is 6.04 Å². The van der Waals surface area contributed by atoms with E-state index in [0.29, 0.717) is 5.89 Å². The molecule has 1 atom stereocenters. The summed E-state index contributed by atoms with van der Waals surface area (Å²) in [7, 11) is 0. The fourth-order valence-corrected chi connectivity index (χ4v) is 3.78. The molecular weight excluding hydrogens is 324 g/mol. The second-order valence-electron chi connectivity index (χ2n) is 6.96. The molecule has 0 saturated carbocycles. The molecule has 1 unspecified atom stereocenters. The maximum atomic E-state index is 12.8. The Morgan fingerprint density at radius 1 is 1.19 bits per heavy atom. The van der Waals surface area contributed by atoms with Gasteiger partial charge in [0.1, 0.15) is 5.52 Å². The van der Waals surface area contributed by atoms with Crippen LogP contribution in [0.4, 0.5) is 0 Å². The van der Waals surface area contributed by atoms with Crippen LogP contribution in [0, 0.1) is 13.8 Å². The molecule has 1 aromatic heterocycles. The number of nitrogens with zero attached hydrogens (tertiary/aromatic N) is 2. The average Bonchev–Trinajstić information content (AvgIpc) is 3.25. The molecule has 1 fully saturated rings. The lowest BCUT2D eigenvalue weighted by Crippen LogP contribution is -2.29. The lowest BCUT2D eigenvalue weighted by molar-refractivity contribution is -0.126. The van der Waals surface area contributed by atoms with Gasteiger partial charge in [-0.15, -0.1) is 0 Å². The summed E-state index contributed by atoms with van der Waals surface area (Å²) in [6.45, 7) is 4.99. The summed E-state index contributed by atoms with van der Waals surface area (Å²) < 4.78 is 5.66. The van der Waals surface area contributed by atoms with E-state index in [9.17, 15) is 4.79 Å². The Kier molecular flexibility index (Phi) is 4.33. The fraction of sp³-hybridized carbons (Fsp3) is 0.273. The van der Waals surface area contributed by atoms with Gasteiger partial charge in [0.25, 0.3) is 0 Å². The van der Waals surface area contributed by atoms with Crippen molar-refractivity contribution < 1.29 is 9.21 Å². The van der Waals surface area contributed by atoms with E-state index in [-0.39, 0.29) is 11.9 Å². The number of oxazole rings is 1. The third kappa shape index (κ3) is 3.27. The third-order valence-electron chi connectivity index (χ3n) is 4.84. The Morgan fingerprint density at radius 3 is 2.73 bits per heavy atom. The van der Waals surface area contributed by atoms with Crippen molar-refractivity contribution in [3.05, 3.63) is 71.1 Å². The fourth-order valence-electron chi connectivity index (χ4n) is 3.78. The van der Waals surface area contributed by atoms with E-state index in [1.165, 1.54) is 16.7 Å². The van der Waals surface area contributed by atoms with Crippen molar-refractivity contribution in [1.29, 1.82) is 0 Å². The Hall–Kier alpha value is -2.88. The number of hydrogen-bond donors (Lipinski definition) is 0. The molecule has 132 valence electrons. The quantitative estimate of drug-likeness (QED) is 0.639. The lowest BCUT2D eigenvalue weighted by atomic mass is 9.99. The topological polar surface area (TPSA) is 46.3 Å². The van der Waals surface area contributed by atoms with Crippen molar-refractivity contribution >= 4 is 23.1 Å². The normalized spacial score (nSPS) is 17.5. The van der Waals surface area contributed by atoms with E-state index < -0.39 is 0 Å². The number of likely N-dealkylation sites (tertiary alicyclic amines) is 1. The van der Waals surface area contributed by atoms with Crippen molar-refractivity contribution in [3.8, 4) is 0 Å². The summed E-state index contributed by atoms with van der Waals surface area (Å²) in [6.07, 6.45) is 5.27. The van der Waals surface area contributed by atoms with Crippen LogP contribution in [0.5, 0.6) is 0 Å². The molecule has 0 spiro atoms. The largest absolute Gasteiger partial charge is 0.437 e. The molecule has 2 aromatic carbocycles. The van der Waals surface area contributed by atoms with Gasteiger partial charge in [-0.25, -0.2) is 4.98 Å². The molecular formula is C22H22N2O2. The smallest absolute Gasteiger partial charge is 0.247 e. The van der Waals surface area contributed by atoms with Crippen molar-refractivity contribution in [2.75, 3.05) is 6.54 Å². The van der Waals surface area contributed by atoms with E-state index >= 15 is 0 Å². The van der Waals surface area contributed by atoms with Crippen LogP contribution in [0.1, 0.15) is 41.5 Å². The van der Waals surface area contributed by atoms with E-state index in [2.05, 4.69) is 37.0 Å². The van der Waals surface area contributed by atoms with Gasteiger partial charge in [0.15, 0.2) is 5.58 Å². The SMILES string of the molecule is Cc1cc(C)cc(C2CCCN2C(=O)C=Cc2nc3ccccc3o2)c1. The summed E-state index contributed by atoms with van der Waals surface area (Å²) >= 11 is 0. The zero-order chi connectivity index (χ0) is 18.1. The number of rotatable bonds is 3. The van der Waals surface area contributed by atoms with Crippen LogP contribution >= 0.6 is 0 Å². The number of aryl methyl sites for hydroxylation is 2. The van der Waals surface area contributed by atoms with Gasteiger partial charge in [0, 0.05) is 18.7 Å². The molecule has 4 rings (SSSR count). The van der Waals surface area contributed by atoms with Gasteiger partial charge in [-0.1, -0.05) is 41.5 Å². The van der Waals surface area contributed by atoms with Gasteiger partial charge in [-0.05, 0) is 44.4 Å². The predicted octanol–water partition coefficient (Wildman–Crippen LogP) is 4.82. The van der Waals surface area contributed by atoms with Crippen LogP contribution < -0.4 is 0 Å². The maximum Gasteiger partial charge on any atom is 0.247 e. The highest BCUT2D eigenvalue weighted by Gasteiger charge is 2.29. The molecule has 1 saturated heterocycles. The highest BCUT2D eigenvalue weighted by molar-refractivity contribution is 5.92. The van der Waals surface area contributed by atoms with Gasteiger partial charge in [-0.2, -0.15) is 0 Å². The molecule has 0 N–H and O–H groups in total. The molecule has 4 heteroatoms. The minimum atomic E-state index is 0.00825. The summed E-state index contributed by atoms with van der Waals surface area (Å²) in [6, 6.07) is 14.3. The highest BCUT2D eigenvalue weighted by atomic mass is 16.3. The van der Waals surface area contributed by atoms with Crippen LogP contribution in [0.3, 0.4) is 0 Å². The minimum absolute atomic E-state index is 0.00825. The number of aromatic nitrogens is 1. The van der Waals surface area contributed by atoms with Crippen molar-refractivity contribution in [3.63, 3.8) is 0 Å². The molecule has 1 aliphatic heterocycles. The summed E-state index contributed by atoms with van der Waals surface area (Å²) in [4.78, 5) is 19.1. The first-order valence-corrected chi connectivity index (χ1v) is 9.02. The molecule has 26 heavy (non-hydrogen) atoms. The average molecular weight is 346 g/mol. The molecule has 4 nitrogen and oxygen atoms in total. The van der Waals surface area contributed by atoms with Crippen LogP contribution in [0.15, 0.2) is 53.0 Å². The molecule has 0 aliphatic carbocycles. The van der Waals surface area contributed by atoms with Crippen LogP contribution in [0.25, 0.3) is 17.2 Å². The first kappa shape index (κ1) is 16.6. The maximum absolute atomic E-state index is 12.8. The highest BCUT2D eigenvalue weighted by Crippen LogP contribution is 2.33. The molecule has 1 aliphatic rings. The van der Waals surface area contributed by atoms with E-state index in [1.54, 1.807) is 12.2 Å². The minimum Gasteiger partial charge on any atom is -0.437 e. The molecule has 2 heterocycles. The van der Waals surface area contributed by atoms with Crippen molar-refractivity contribution in [1.82, 2.24) is 9.88 Å². The molecule has 1 amide bonds. The number of para-hydroxylation sites is 2. The lowest BCUT2D eigenvalue weighted by Gasteiger charge is -2.24. The van der Waals surface area contributed by atoms with Gasteiger partial charge in [-0.3, -0.25) is 4.79 Å². The number of benzene rings is 2. The number of hydrogen-bond acceptors (Lipinski definition) is 3. The summed E-state index contributed by atoms with van der Waals surface area (Å²) in [5, 5.41) is 0. The second kappa shape index (κ2) is 6.79. The number of amides is 1. The monoisotopic (exact) mass is 346 g/mol. The third-order valence-corrected chi connectivity index (χ3v) is 4.84. The van der Waals surface area contributed by atoms with E-state index in [1.807, 2.05) is 29.2 Å². The summed E-state index contributed by atoms with van der Waals surface area (Å²) in [5.74, 6) is 0.468. The first-order chi connectivity index (χ1) is 12.6. The zero-order valence-corrected chi connectivity index (χ0v) is 15.1. The number of carbonyl (C=O) groups excluding carboxylic acids is 1. The molecule has 3 aromatic rings. The second-order valence-corrected chi connectivity index (χ2v) is 6.96. The van der Waals surface area contributed by atoms with Crippen molar-refractivity contribution in [2.24, 2.45) is 0 Å². The summed E-state index contributed by atoms with van der Waals surface area (Å²) in [5.41, 5.74) is 5.23. The van der Waals surface area contributed by atoms with Crippen LogP contribution in [-0.2, 0) is 4.79 Å². The van der Waals surface area contributed by atoms with Gasteiger partial charge >= 0.3 is 0 Å².